The van der Waals surface area contributed by atoms with E-state index in [0.29, 0.717) is 26.9 Å². The number of benzene rings is 2. The van der Waals surface area contributed by atoms with Crippen LogP contribution in [-0.4, -0.2) is 36.4 Å². The molecule has 0 aliphatic rings. The monoisotopic (exact) mass is 600 g/mol. The highest BCUT2D eigenvalue weighted by Gasteiger charge is 2.28. The molecule has 0 aromatic heterocycles. The zero-order chi connectivity index (χ0) is 26.8. The molecule has 0 saturated heterocycles. The fourth-order valence-corrected chi connectivity index (χ4v) is 4.26. The molecular weight excluding hydrogens is 568 g/mol. The zero-order valence-corrected chi connectivity index (χ0v) is 24.6. The summed E-state index contributed by atoms with van der Waals surface area (Å²) in [6.45, 7) is 15.5. The van der Waals surface area contributed by atoms with Gasteiger partial charge >= 0.3 is 11.9 Å². The third kappa shape index (κ3) is 6.54. The Morgan fingerprint density at radius 3 is 1.59 bits per heavy atom. The van der Waals surface area contributed by atoms with E-state index in [0.717, 1.165) is 15.6 Å². The number of methoxy groups -OCH3 is 2. The van der Waals surface area contributed by atoms with E-state index >= 15 is 0 Å². The molecule has 0 bridgehead atoms. The molecule has 34 heavy (non-hydrogen) atoms. The summed E-state index contributed by atoms with van der Waals surface area (Å²) >= 11 is 6.80. The maximum absolute atomic E-state index is 11.9. The summed E-state index contributed by atoms with van der Waals surface area (Å²) in [4.78, 5) is 23.0. The molecule has 2 N–H and O–H groups in total. The van der Waals surface area contributed by atoms with Crippen molar-refractivity contribution in [1.82, 2.24) is 0 Å². The predicted molar refractivity (Wildman–Crippen MR) is 142 cm³/mol. The number of halogens is 2. The third-order valence-corrected chi connectivity index (χ3v) is 7.04. The minimum Gasteiger partial charge on any atom is -0.507 e. The highest BCUT2D eigenvalue weighted by Crippen LogP contribution is 2.40. The highest BCUT2D eigenvalue weighted by atomic mass is 79.9. The topological polar surface area (TPSA) is 93.1 Å². The lowest BCUT2D eigenvalue weighted by Crippen LogP contribution is -2.17. The van der Waals surface area contributed by atoms with Gasteiger partial charge in [0.1, 0.15) is 22.6 Å². The number of carboxylic acid groups (broad SMARTS) is 1. The Balaban J connectivity index is 0.000000342. The van der Waals surface area contributed by atoms with E-state index < -0.39 is 5.97 Å². The second-order valence-electron chi connectivity index (χ2n) is 9.99. The Hall–Kier alpha value is -2.06. The van der Waals surface area contributed by atoms with Crippen LogP contribution >= 0.6 is 31.9 Å². The van der Waals surface area contributed by atoms with Crippen molar-refractivity contribution in [3.63, 3.8) is 0 Å². The summed E-state index contributed by atoms with van der Waals surface area (Å²) in [6, 6.07) is 3.78. The fraction of sp³-hybridized carbons (Fsp3) is 0.462. The van der Waals surface area contributed by atoms with Crippen molar-refractivity contribution in [1.29, 1.82) is 0 Å². The quantitative estimate of drug-likeness (QED) is 0.358. The second kappa shape index (κ2) is 11.1. The molecule has 0 aliphatic carbocycles. The second-order valence-corrected chi connectivity index (χ2v) is 11.7. The van der Waals surface area contributed by atoms with E-state index in [1.165, 1.54) is 7.11 Å². The van der Waals surface area contributed by atoms with E-state index in [2.05, 4.69) is 52.6 Å². The number of aromatic carboxylic acids is 1. The molecule has 2 rings (SSSR count). The average molecular weight is 602 g/mol. The SMILES string of the molecule is COC(=O)c1c(C)c(Br)cc(C(C)(C)C)c1OC.Cc1c(Br)cc(C(C)(C)C)c(O)c1C(=O)O. The van der Waals surface area contributed by atoms with Gasteiger partial charge in [0, 0.05) is 20.1 Å². The van der Waals surface area contributed by atoms with Crippen LogP contribution in [0.4, 0.5) is 0 Å². The number of hydrogen-bond acceptors (Lipinski definition) is 5. The summed E-state index contributed by atoms with van der Waals surface area (Å²) in [7, 11) is 2.95. The number of hydrogen-bond donors (Lipinski definition) is 2. The van der Waals surface area contributed by atoms with Crippen LogP contribution < -0.4 is 4.74 Å². The summed E-state index contributed by atoms with van der Waals surface area (Å²) in [6.07, 6.45) is 0. The zero-order valence-electron chi connectivity index (χ0n) is 21.4. The first-order valence-electron chi connectivity index (χ1n) is 10.6. The number of carboxylic acids is 1. The predicted octanol–water partition coefficient (Wildman–Crippen LogP) is 7.31. The van der Waals surface area contributed by atoms with Crippen LogP contribution in [-0.2, 0) is 15.6 Å². The third-order valence-electron chi connectivity index (χ3n) is 5.40. The van der Waals surface area contributed by atoms with Crippen LogP contribution in [0.5, 0.6) is 11.5 Å². The van der Waals surface area contributed by atoms with Crippen LogP contribution in [0.1, 0.15) is 84.5 Å². The Kier molecular flexibility index (Phi) is 9.80. The molecule has 0 fully saturated rings. The number of ether oxygens (including phenoxy) is 2. The number of esters is 1. The van der Waals surface area contributed by atoms with Crippen molar-refractivity contribution in [2.45, 2.75) is 66.2 Å². The van der Waals surface area contributed by atoms with E-state index in [-0.39, 0.29) is 28.1 Å². The highest BCUT2D eigenvalue weighted by molar-refractivity contribution is 9.10. The minimum atomic E-state index is -1.11. The fourth-order valence-electron chi connectivity index (χ4n) is 3.41. The lowest BCUT2D eigenvalue weighted by molar-refractivity contribution is 0.0594. The molecule has 0 radical (unpaired) electrons. The van der Waals surface area contributed by atoms with Crippen molar-refractivity contribution in [3.8, 4) is 11.5 Å². The van der Waals surface area contributed by atoms with Gasteiger partial charge in [-0.15, -0.1) is 0 Å². The Morgan fingerprint density at radius 1 is 0.824 bits per heavy atom. The number of carbonyl (C=O) groups excluding carboxylic acids is 1. The number of carbonyl (C=O) groups is 2. The van der Waals surface area contributed by atoms with E-state index in [4.69, 9.17) is 14.6 Å². The van der Waals surface area contributed by atoms with E-state index in [1.807, 2.05) is 33.8 Å². The molecule has 0 aliphatic heterocycles. The van der Waals surface area contributed by atoms with Crippen LogP contribution in [0.2, 0.25) is 0 Å². The standard InChI is InChI=1S/C14H19BrO3.C12H15BrO3/c1-8-10(15)7-9(14(2,3)4)12(17-5)11(8)13(16)18-6;1-6-8(13)5-7(12(2,3)4)10(14)9(6)11(15)16/h7H,1-6H3;5,14H,1-4H3,(H,15,16). The largest absolute Gasteiger partial charge is 0.507 e. The molecule has 0 heterocycles. The first-order chi connectivity index (χ1) is 15.4. The lowest BCUT2D eigenvalue weighted by atomic mass is 9.84. The molecule has 0 amide bonds. The van der Waals surface area contributed by atoms with Gasteiger partial charge in [-0.3, -0.25) is 0 Å². The molecule has 2 aromatic rings. The molecular formula is C26H34Br2O6. The number of rotatable bonds is 3. The van der Waals surface area contributed by atoms with Crippen molar-refractivity contribution < 1.29 is 29.3 Å². The Labute approximate surface area is 218 Å². The number of aromatic hydroxyl groups is 1. The van der Waals surface area contributed by atoms with Gasteiger partial charge in [0.15, 0.2) is 0 Å². The first-order valence-corrected chi connectivity index (χ1v) is 12.2. The molecule has 0 spiro atoms. The average Bonchev–Trinajstić information content (AvgIpc) is 2.70. The summed E-state index contributed by atoms with van der Waals surface area (Å²) in [5.41, 5.74) is 3.00. The van der Waals surface area contributed by atoms with Crippen LogP contribution in [0.15, 0.2) is 21.1 Å². The van der Waals surface area contributed by atoms with Gasteiger partial charge in [-0.25, -0.2) is 9.59 Å². The van der Waals surface area contributed by atoms with Crippen LogP contribution in [0.3, 0.4) is 0 Å². The Morgan fingerprint density at radius 2 is 1.24 bits per heavy atom. The molecule has 6 nitrogen and oxygen atoms in total. The van der Waals surface area contributed by atoms with Crippen LogP contribution in [0.25, 0.3) is 0 Å². The maximum atomic E-state index is 11.9. The van der Waals surface area contributed by atoms with Gasteiger partial charge in [-0.05, 0) is 47.9 Å². The van der Waals surface area contributed by atoms with Gasteiger partial charge in [-0.1, -0.05) is 73.4 Å². The molecule has 0 unspecified atom stereocenters. The van der Waals surface area contributed by atoms with Crippen molar-refractivity contribution in [2.24, 2.45) is 0 Å². The normalized spacial score (nSPS) is 11.4. The number of phenols is 1. The summed E-state index contributed by atoms with van der Waals surface area (Å²) in [5, 5.41) is 19.1. The molecule has 0 atom stereocenters. The Bertz CT molecular complexity index is 1090. The van der Waals surface area contributed by atoms with Crippen molar-refractivity contribution in [2.75, 3.05) is 14.2 Å². The molecule has 8 heteroatoms. The van der Waals surface area contributed by atoms with Gasteiger partial charge < -0.3 is 19.7 Å². The van der Waals surface area contributed by atoms with Gasteiger partial charge in [0.2, 0.25) is 0 Å². The van der Waals surface area contributed by atoms with E-state index in [9.17, 15) is 14.7 Å². The van der Waals surface area contributed by atoms with Crippen molar-refractivity contribution >= 4 is 43.8 Å². The van der Waals surface area contributed by atoms with Gasteiger partial charge in [0.25, 0.3) is 0 Å². The molecule has 0 saturated carbocycles. The minimum absolute atomic E-state index is 0.0284. The maximum Gasteiger partial charge on any atom is 0.341 e. The van der Waals surface area contributed by atoms with E-state index in [1.54, 1.807) is 20.1 Å². The molecule has 2 aromatic carbocycles. The van der Waals surface area contributed by atoms with Crippen molar-refractivity contribution in [3.05, 3.63) is 54.5 Å². The smallest absolute Gasteiger partial charge is 0.341 e. The summed E-state index contributed by atoms with van der Waals surface area (Å²) in [5.74, 6) is -1.03. The lowest BCUT2D eigenvalue weighted by Gasteiger charge is -2.25. The van der Waals surface area contributed by atoms with Gasteiger partial charge in [0.05, 0.1) is 14.2 Å². The molecule has 188 valence electrons. The summed E-state index contributed by atoms with van der Waals surface area (Å²) < 4.78 is 11.9. The van der Waals surface area contributed by atoms with Gasteiger partial charge in [-0.2, -0.15) is 0 Å². The van der Waals surface area contributed by atoms with Crippen LogP contribution in [0, 0.1) is 13.8 Å². The first kappa shape index (κ1) is 30.0.